The van der Waals surface area contributed by atoms with E-state index in [0.29, 0.717) is 23.4 Å². The van der Waals surface area contributed by atoms with Crippen LogP contribution in [0.3, 0.4) is 0 Å². The highest BCUT2D eigenvalue weighted by atomic mass is 16.5. The summed E-state index contributed by atoms with van der Waals surface area (Å²) in [6, 6.07) is 14.3. The summed E-state index contributed by atoms with van der Waals surface area (Å²) in [6.45, 7) is 4.61. The fourth-order valence-corrected chi connectivity index (χ4v) is 3.10. The van der Waals surface area contributed by atoms with Gasteiger partial charge in [0, 0.05) is 62.8 Å². The average Bonchev–Trinajstić information content (AvgIpc) is 2.75. The molecule has 0 spiro atoms. The van der Waals surface area contributed by atoms with E-state index in [2.05, 4.69) is 15.5 Å². The van der Waals surface area contributed by atoms with Crippen LogP contribution in [-0.2, 0) is 4.74 Å². The van der Waals surface area contributed by atoms with Gasteiger partial charge in [0.25, 0.3) is 11.8 Å². The lowest BCUT2D eigenvalue weighted by molar-refractivity contribution is 0.0383. The van der Waals surface area contributed by atoms with E-state index >= 15 is 0 Å². The average molecular weight is 396 g/mol. The molecule has 2 aromatic rings. The SMILES string of the molecule is CN(C)c1ccc(NC(=O)c2cccc(C(=O)NCCN3CCOCC3)c2)cc1. The third kappa shape index (κ3) is 6.04. The number of anilines is 2. The van der Waals surface area contributed by atoms with Crippen molar-refractivity contribution in [3.05, 3.63) is 59.7 Å². The van der Waals surface area contributed by atoms with Gasteiger partial charge in [0.15, 0.2) is 0 Å². The van der Waals surface area contributed by atoms with Crippen LogP contribution < -0.4 is 15.5 Å². The molecule has 0 saturated carbocycles. The Labute approximate surface area is 171 Å². The van der Waals surface area contributed by atoms with Crippen molar-refractivity contribution < 1.29 is 14.3 Å². The Morgan fingerprint density at radius 1 is 1.00 bits per heavy atom. The molecular formula is C22H28N4O3. The second kappa shape index (κ2) is 10.0. The van der Waals surface area contributed by atoms with E-state index in [1.165, 1.54) is 0 Å². The summed E-state index contributed by atoms with van der Waals surface area (Å²) in [5.74, 6) is -0.422. The van der Waals surface area contributed by atoms with Gasteiger partial charge >= 0.3 is 0 Å². The molecule has 7 heteroatoms. The van der Waals surface area contributed by atoms with E-state index < -0.39 is 0 Å². The maximum atomic E-state index is 12.6. The largest absolute Gasteiger partial charge is 0.379 e. The Morgan fingerprint density at radius 3 is 2.31 bits per heavy atom. The van der Waals surface area contributed by atoms with Crippen LogP contribution >= 0.6 is 0 Å². The molecule has 2 amide bonds. The molecule has 0 radical (unpaired) electrons. The van der Waals surface area contributed by atoms with E-state index in [1.54, 1.807) is 24.3 Å². The van der Waals surface area contributed by atoms with Gasteiger partial charge in [-0.25, -0.2) is 0 Å². The summed E-state index contributed by atoms with van der Waals surface area (Å²) >= 11 is 0. The maximum Gasteiger partial charge on any atom is 0.255 e. The van der Waals surface area contributed by atoms with E-state index in [4.69, 9.17) is 4.74 Å². The Hall–Kier alpha value is -2.90. The molecule has 0 aromatic heterocycles. The van der Waals surface area contributed by atoms with Gasteiger partial charge in [-0.2, -0.15) is 0 Å². The number of carbonyl (C=O) groups is 2. The Kier molecular flexibility index (Phi) is 7.21. The summed E-state index contributed by atoms with van der Waals surface area (Å²) in [5.41, 5.74) is 2.69. The minimum absolute atomic E-state index is 0.178. The molecule has 1 fully saturated rings. The minimum atomic E-state index is -0.245. The first-order chi connectivity index (χ1) is 14.0. The van der Waals surface area contributed by atoms with E-state index in [1.807, 2.05) is 43.3 Å². The van der Waals surface area contributed by atoms with Gasteiger partial charge < -0.3 is 20.3 Å². The van der Waals surface area contributed by atoms with Crippen molar-refractivity contribution in [1.29, 1.82) is 0 Å². The van der Waals surface area contributed by atoms with Crippen molar-refractivity contribution in [3.63, 3.8) is 0 Å². The first kappa shape index (κ1) is 20.8. The second-order valence-corrected chi connectivity index (χ2v) is 7.19. The van der Waals surface area contributed by atoms with Crippen LogP contribution in [0.2, 0.25) is 0 Å². The number of carbonyl (C=O) groups excluding carboxylic acids is 2. The molecule has 0 unspecified atom stereocenters. The second-order valence-electron chi connectivity index (χ2n) is 7.19. The van der Waals surface area contributed by atoms with Crippen molar-refractivity contribution >= 4 is 23.2 Å². The molecule has 7 nitrogen and oxygen atoms in total. The van der Waals surface area contributed by atoms with E-state index in [-0.39, 0.29) is 11.8 Å². The molecular weight excluding hydrogens is 368 g/mol. The van der Waals surface area contributed by atoms with Crippen molar-refractivity contribution in [1.82, 2.24) is 10.2 Å². The van der Waals surface area contributed by atoms with Crippen LogP contribution in [0.1, 0.15) is 20.7 Å². The molecule has 1 saturated heterocycles. The fraction of sp³-hybridized carbons (Fsp3) is 0.364. The number of amides is 2. The summed E-state index contributed by atoms with van der Waals surface area (Å²) in [6.07, 6.45) is 0. The topological polar surface area (TPSA) is 73.9 Å². The molecule has 0 bridgehead atoms. The predicted octanol–water partition coefficient (Wildman–Crippen LogP) is 2.07. The van der Waals surface area contributed by atoms with Gasteiger partial charge in [-0.1, -0.05) is 6.07 Å². The first-order valence-electron chi connectivity index (χ1n) is 9.80. The Balaban J connectivity index is 1.54. The molecule has 2 aromatic carbocycles. The highest BCUT2D eigenvalue weighted by Crippen LogP contribution is 2.17. The lowest BCUT2D eigenvalue weighted by atomic mass is 10.1. The third-order valence-corrected chi connectivity index (χ3v) is 4.85. The number of benzene rings is 2. The smallest absolute Gasteiger partial charge is 0.255 e. The molecule has 29 heavy (non-hydrogen) atoms. The quantitative estimate of drug-likeness (QED) is 0.750. The van der Waals surface area contributed by atoms with Gasteiger partial charge in [0.2, 0.25) is 0 Å². The number of nitrogens with one attached hydrogen (secondary N) is 2. The Morgan fingerprint density at radius 2 is 1.66 bits per heavy atom. The fourth-order valence-electron chi connectivity index (χ4n) is 3.10. The zero-order chi connectivity index (χ0) is 20.6. The predicted molar refractivity (Wildman–Crippen MR) is 115 cm³/mol. The summed E-state index contributed by atoms with van der Waals surface area (Å²) < 4.78 is 5.32. The molecule has 0 atom stereocenters. The number of nitrogens with zero attached hydrogens (tertiary/aromatic N) is 2. The number of morpholine rings is 1. The monoisotopic (exact) mass is 396 g/mol. The normalized spacial score (nSPS) is 14.3. The van der Waals surface area contributed by atoms with Crippen LogP contribution in [0, 0.1) is 0 Å². The zero-order valence-corrected chi connectivity index (χ0v) is 17.0. The van der Waals surface area contributed by atoms with Crippen molar-refractivity contribution in [3.8, 4) is 0 Å². The standard InChI is InChI=1S/C22H28N4O3/c1-25(2)20-8-6-19(7-9-20)24-22(28)18-5-3-4-17(16-18)21(27)23-10-11-26-12-14-29-15-13-26/h3-9,16H,10-15H2,1-2H3,(H,23,27)(H,24,28). The van der Waals surface area contributed by atoms with Crippen LogP contribution in [0.15, 0.2) is 48.5 Å². The van der Waals surface area contributed by atoms with E-state index in [0.717, 1.165) is 38.5 Å². The molecule has 1 heterocycles. The summed E-state index contributed by atoms with van der Waals surface area (Å²) in [5, 5.41) is 5.79. The van der Waals surface area contributed by atoms with Gasteiger partial charge in [0.1, 0.15) is 0 Å². The van der Waals surface area contributed by atoms with Crippen LogP contribution in [0.5, 0.6) is 0 Å². The van der Waals surface area contributed by atoms with Gasteiger partial charge in [-0.3, -0.25) is 14.5 Å². The highest BCUT2D eigenvalue weighted by Gasteiger charge is 2.13. The number of hydrogen-bond donors (Lipinski definition) is 2. The minimum Gasteiger partial charge on any atom is -0.379 e. The Bertz CT molecular complexity index is 830. The highest BCUT2D eigenvalue weighted by molar-refractivity contribution is 6.06. The molecule has 0 aliphatic carbocycles. The van der Waals surface area contributed by atoms with Crippen molar-refractivity contribution in [2.75, 3.05) is 63.7 Å². The van der Waals surface area contributed by atoms with Crippen LogP contribution in [0.4, 0.5) is 11.4 Å². The number of hydrogen-bond acceptors (Lipinski definition) is 5. The first-order valence-corrected chi connectivity index (χ1v) is 9.80. The van der Waals surface area contributed by atoms with Gasteiger partial charge in [-0.05, 0) is 42.5 Å². The molecule has 154 valence electrons. The maximum absolute atomic E-state index is 12.6. The van der Waals surface area contributed by atoms with Gasteiger partial charge in [-0.15, -0.1) is 0 Å². The molecule has 1 aliphatic rings. The van der Waals surface area contributed by atoms with Crippen molar-refractivity contribution in [2.45, 2.75) is 0 Å². The van der Waals surface area contributed by atoms with E-state index in [9.17, 15) is 9.59 Å². The number of rotatable bonds is 7. The molecule has 1 aliphatic heterocycles. The van der Waals surface area contributed by atoms with Crippen LogP contribution in [0.25, 0.3) is 0 Å². The number of ether oxygens (including phenoxy) is 1. The van der Waals surface area contributed by atoms with Crippen LogP contribution in [-0.4, -0.2) is 70.2 Å². The van der Waals surface area contributed by atoms with Gasteiger partial charge in [0.05, 0.1) is 13.2 Å². The molecule has 2 N–H and O–H groups in total. The lowest BCUT2D eigenvalue weighted by Crippen LogP contribution is -2.41. The summed E-state index contributed by atoms with van der Waals surface area (Å²) in [4.78, 5) is 29.2. The summed E-state index contributed by atoms with van der Waals surface area (Å²) in [7, 11) is 3.93. The lowest BCUT2D eigenvalue weighted by Gasteiger charge is -2.26. The third-order valence-electron chi connectivity index (χ3n) is 4.85. The zero-order valence-electron chi connectivity index (χ0n) is 17.0. The van der Waals surface area contributed by atoms with Crippen molar-refractivity contribution in [2.24, 2.45) is 0 Å². The molecule has 3 rings (SSSR count).